The van der Waals surface area contributed by atoms with Crippen molar-refractivity contribution in [1.29, 1.82) is 0 Å². The Hall–Kier alpha value is -1.87. The van der Waals surface area contributed by atoms with Crippen LogP contribution >= 0.6 is 24.8 Å². The molecule has 31 heavy (non-hydrogen) atoms. The van der Waals surface area contributed by atoms with Crippen molar-refractivity contribution in [3.63, 3.8) is 0 Å². The molecule has 1 heterocycles. The Kier molecular flexibility index (Phi) is 10.7. The molecule has 5 nitrogen and oxygen atoms in total. The number of benzene rings is 2. The van der Waals surface area contributed by atoms with E-state index in [4.69, 9.17) is 9.47 Å². The zero-order valence-electron chi connectivity index (χ0n) is 17.3. The van der Waals surface area contributed by atoms with Crippen LogP contribution in [0.15, 0.2) is 42.5 Å². The van der Waals surface area contributed by atoms with Crippen LogP contribution in [-0.2, 0) is 0 Å². The van der Waals surface area contributed by atoms with Gasteiger partial charge >= 0.3 is 6.36 Å². The fourth-order valence-electron chi connectivity index (χ4n) is 3.54. The predicted octanol–water partition coefficient (Wildman–Crippen LogP) is 4.83. The molecule has 2 aromatic carbocycles. The van der Waals surface area contributed by atoms with Crippen LogP contribution in [0.25, 0.3) is 0 Å². The Morgan fingerprint density at radius 1 is 0.968 bits per heavy atom. The highest BCUT2D eigenvalue weighted by Gasteiger charge is 2.31. The second-order valence-electron chi connectivity index (χ2n) is 6.65. The van der Waals surface area contributed by atoms with Crippen LogP contribution in [0.1, 0.15) is 24.1 Å². The lowest BCUT2D eigenvalue weighted by Gasteiger charge is -2.36. The summed E-state index contributed by atoms with van der Waals surface area (Å²) < 4.78 is 52.5. The first kappa shape index (κ1) is 27.2. The lowest BCUT2D eigenvalue weighted by Crippen LogP contribution is -2.45. The van der Waals surface area contributed by atoms with E-state index in [2.05, 4.69) is 15.0 Å². The molecule has 0 aliphatic carbocycles. The van der Waals surface area contributed by atoms with Gasteiger partial charge in [-0.2, -0.15) is 0 Å². The molecule has 1 atom stereocenters. The maximum atomic E-state index is 12.5. The van der Waals surface area contributed by atoms with Crippen LogP contribution in [0.2, 0.25) is 0 Å². The van der Waals surface area contributed by atoms with Crippen molar-refractivity contribution in [3.8, 4) is 17.2 Å². The summed E-state index contributed by atoms with van der Waals surface area (Å²) in [5.41, 5.74) is 1.87. The molecule has 0 radical (unpaired) electrons. The molecule has 0 amide bonds. The summed E-state index contributed by atoms with van der Waals surface area (Å²) in [5, 5.41) is 3.32. The number of methoxy groups -OCH3 is 1. The SMILES string of the molecule is CCOc1ccc([C@H](c2ccc(OC(F)(F)F)cc2)N2CCNCC2)cc1OC.Cl.Cl. The Morgan fingerprint density at radius 2 is 1.58 bits per heavy atom. The predicted molar refractivity (Wildman–Crippen MR) is 118 cm³/mol. The van der Waals surface area contributed by atoms with E-state index in [-0.39, 0.29) is 36.6 Å². The highest BCUT2D eigenvalue weighted by Crippen LogP contribution is 2.36. The third-order valence-electron chi connectivity index (χ3n) is 4.75. The van der Waals surface area contributed by atoms with E-state index >= 15 is 0 Å². The summed E-state index contributed by atoms with van der Waals surface area (Å²) in [4.78, 5) is 2.30. The standard InChI is InChI=1S/C21H25F3N2O3.2ClH/c1-3-28-18-9-6-16(14-19(18)27-2)20(26-12-10-25-11-13-26)15-4-7-17(8-5-15)29-21(22,23)24;;/h4-9,14,20,25H,3,10-13H2,1-2H3;2*1H/t20-;;/m0../s1. The summed E-state index contributed by atoms with van der Waals surface area (Å²) in [5.74, 6) is 1.05. The van der Waals surface area contributed by atoms with E-state index in [0.717, 1.165) is 37.3 Å². The summed E-state index contributed by atoms with van der Waals surface area (Å²) in [6, 6.07) is 11.7. The normalized spacial score (nSPS) is 15.3. The van der Waals surface area contributed by atoms with Crippen molar-refractivity contribution in [2.45, 2.75) is 19.3 Å². The Labute approximate surface area is 192 Å². The summed E-state index contributed by atoms with van der Waals surface area (Å²) >= 11 is 0. The van der Waals surface area contributed by atoms with Gasteiger partial charge in [0.2, 0.25) is 0 Å². The topological polar surface area (TPSA) is 43.0 Å². The minimum atomic E-state index is -4.71. The lowest BCUT2D eigenvalue weighted by molar-refractivity contribution is -0.274. The van der Waals surface area contributed by atoms with Crippen LogP contribution < -0.4 is 19.5 Å². The number of alkyl halides is 3. The third kappa shape index (κ3) is 7.35. The van der Waals surface area contributed by atoms with Gasteiger partial charge in [0.15, 0.2) is 11.5 Å². The van der Waals surface area contributed by atoms with Gasteiger partial charge in [0.05, 0.1) is 19.8 Å². The molecule has 1 saturated heterocycles. The molecular weight excluding hydrogens is 456 g/mol. The Morgan fingerprint density at radius 3 is 2.13 bits per heavy atom. The number of rotatable bonds is 7. The van der Waals surface area contributed by atoms with Gasteiger partial charge in [0.25, 0.3) is 0 Å². The quantitative estimate of drug-likeness (QED) is 0.611. The first-order chi connectivity index (χ1) is 13.9. The van der Waals surface area contributed by atoms with Gasteiger partial charge in [-0.1, -0.05) is 18.2 Å². The number of hydrogen-bond donors (Lipinski definition) is 1. The highest BCUT2D eigenvalue weighted by atomic mass is 35.5. The second-order valence-corrected chi connectivity index (χ2v) is 6.65. The second kappa shape index (κ2) is 12.2. The number of nitrogens with one attached hydrogen (secondary N) is 1. The van der Waals surface area contributed by atoms with Gasteiger partial charge in [0, 0.05) is 26.2 Å². The number of halogens is 5. The van der Waals surface area contributed by atoms with Gasteiger partial charge in [-0.15, -0.1) is 38.0 Å². The maximum Gasteiger partial charge on any atom is 0.573 e. The fourth-order valence-corrected chi connectivity index (χ4v) is 3.54. The van der Waals surface area contributed by atoms with E-state index < -0.39 is 6.36 Å². The number of piperazine rings is 1. The molecule has 1 aliphatic rings. The first-order valence-electron chi connectivity index (χ1n) is 9.52. The third-order valence-corrected chi connectivity index (χ3v) is 4.75. The Balaban J connectivity index is 0.00000240. The monoisotopic (exact) mass is 482 g/mol. The first-order valence-corrected chi connectivity index (χ1v) is 9.52. The summed E-state index contributed by atoms with van der Waals surface area (Å²) in [6.07, 6.45) is -4.71. The van der Waals surface area contributed by atoms with E-state index in [9.17, 15) is 13.2 Å². The molecule has 0 aromatic heterocycles. The van der Waals surface area contributed by atoms with Crippen LogP contribution in [-0.4, -0.2) is 51.2 Å². The van der Waals surface area contributed by atoms with Gasteiger partial charge in [-0.05, 0) is 42.3 Å². The summed E-state index contributed by atoms with van der Waals surface area (Å²) in [6.45, 7) is 5.76. The molecule has 3 rings (SSSR count). The molecule has 10 heteroatoms. The van der Waals surface area contributed by atoms with Crippen molar-refractivity contribution in [2.24, 2.45) is 0 Å². The average molecular weight is 483 g/mol. The van der Waals surface area contributed by atoms with E-state index in [1.807, 2.05) is 25.1 Å². The van der Waals surface area contributed by atoms with Gasteiger partial charge in [-0.25, -0.2) is 0 Å². The minimum Gasteiger partial charge on any atom is -0.493 e. The smallest absolute Gasteiger partial charge is 0.493 e. The number of ether oxygens (including phenoxy) is 3. The largest absolute Gasteiger partial charge is 0.573 e. The van der Waals surface area contributed by atoms with Gasteiger partial charge in [-0.3, -0.25) is 4.90 Å². The zero-order chi connectivity index (χ0) is 20.9. The minimum absolute atomic E-state index is 0. The van der Waals surface area contributed by atoms with Crippen molar-refractivity contribution < 1.29 is 27.4 Å². The average Bonchev–Trinajstić information content (AvgIpc) is 2.70. The highest BCUT2D eigenvalue weighted by molar-refractivity contribution is 5.85. The van der Waals surface area contributed by atoms with E-state index in [1.165, 1.54) is 12.1 Å². The van der Waals surface area contributed by atoms with Gasteiger partial charge in [0.1, 0.15) is 5.75 Å². The molecule has 1 fully saturated rings. The molecule has 0 bridgehead atoms. The van der Waals surface area contributed by atoms with Crippen LogP contribution in [0.3, 0.4) is 0 Å². The fraction of sp³-hybridized carbons (Fsp3) is 0.429. The van der Waals surface area contributed by atoms with Crippen LogP contribution in [0, 0.1) is 0 Å². The zero-order valence-corrected chi connectivity index (χ0v) is 18.9. The summed E-state index contributed by atoms with van der Waals surface area (Å²) in [7, 11) is 1.59. The molecule has 0 saturated carbocycles. The van der Waals surface area contributed by atoms with Gasteiger partial charge < -0.3 is 19.5 Å². The molecule has 1 N–H and O–H groups in total. The van der Waals surface area contributed by atoms with Crippen molar-refractivity contribution >= 4 is 24.8 Å². The molecule has 0 spiro atoms. The van der Waals surface area contributed by atoms with Crippen molar-refractivity contribution in [3.05, 3.63) is 53.6 Å². The lowest BCUT2D eigenvalue weighted by atomic mass is 9.96. The van der Waals surface area contributed by atoms with E-state index in [0.29, 0.717) is 18.1 Å². The molecule has 174 valence electrons. The van der Waals surface area contributed by atoms with Crippen molar-refractivity contribution in [2.75, 3.05) is 39.9 Å². The number of hydrogen-bond acceptors (Lipinski definition) is 5. The van der Waals surface area contributed by atoms with Crippen LogP contribution in [0.5, 0.6) is 17.2 Å². The van der Waals surface area contributed by atoms with Crippen molar-refractivity contribution in [1.82, 2.24) is 10.2 Å². The molecular formula is C21H27Cl2F3N2O3. The maximum absolute atomic E-state index is 12.5. The molecule has 1 aliphatic heterocycles. The number of nitrogens with zero attached hydrogens (tertiary/aromatic N) is 1. The Bertz CT molecular complexity index is 801. The van der Waals surface area contributed by atoms with Crippen LogP contribution in [0.4, 0.5) is 13.2 Å². The molecule has 2 aromatic rings. The van der Waals surface area contributed by atoms with E-state index in [1.54, 1.807) is 19.2 Å². The molecule has 0 unspecified atom stereocenters.